The Morgan fingerprint density at radius 1 is 1.09 bits per heavy atom. The molecule has 0 spiro atoms. The number of anilines is 1. The number of ketones is 1. The first-order chi connectivity index (χ1) is 16.5. The van der Waals surface area contributed by atoms with Gasteiger partial charge in [-0.3, -0.25) is 9.69 Å². The van der Waals surface area contributed by atoms with Crippen LogP contribution in [0.4, 0.5) is 5.82 Å². The lowest BCUT2D eigenvalue weighted by atomic mass is 9.74. The van der Waals surface area contributed by atoms with Gasteiger partial charge in [-0.05, 0) is 76.3 Å². The third-order valence-corrected chi connectivity index (χ3v) is 9.08. The Morgan fingerprint density at radius 2 is 1.79 bits per heavy atom. The van der Waals surface area contributed by atoms with Gasteiger partial charge in [0.25, 0.3) is 0 Å². The van der Waals surface area contributed by atoms with E-state index in [2.05, 4.69) is 20.9 Å². The molecule has 1 saturated heterocycles. The molecule has 0 atom stereocenters. The summed E-state index contributed by atoms with van der Waals surface area (Å²) in [7, 11) is 0. The molecular formula is C28H43N3O3. The third-order valence-electron chi connectivity index (χ3n) is 9.08. The van der Waals surface area contributed by atoms with Gasteiger partial charge in [0.05, 0.1) is 12.2 Å². The van der Waals surface area contributed by atoms with E-state index in [1.54, 1.807) is 0 Å². The summed E-state index contributed by atoms with van der Waals surface area (Å²) in [5.41, 5.74) is 0.755. The summed E-state index contributed by atoms with van der Waals surface area (Å²) in [5.74, 6) is 4.15. The van der Waals surface area contributed by atoms with Crippen LogP contribution < -0.4 is 9.64 Å². The molecule has 2 saturated carbocycles. The van der Waals surface area contributed by atoms with Crippen molar-refractivity contribution < 1.29 is 14.6 Å². The molecule has 2 aliphatic carbocycles. The predicted octanol–water partition coefficient (Wildman–Crippen LogP) is 4.24. The van der Waals surface area contributed by atoms with E-state index in [4.69, 9.17) is 4.74 Å². The quantitative estimate of drug-likeness (QED) is 0.645. The number of nitrogens with zero attached hydrogens (tertiary/aromatic N) is 3. The zero-order valence-electron chi connectivity index (χ0n) is 21.0. The van der Waals surface area contributed by atoms with Crippen LogP contribution in [0, 0.1) is 17.8 Å². The Kier molecular flexibility index (Phi) is 7.45. The average molecular weight is 470 g/mol. The van der Waals surface area contributed by atoms with Gasteiger partial charge in [0.1, 0.15) is 5.78 Å². The van der Waals surface area contributed by atoms with Crippen molar-refractivity contribution >= 4 is 11.6 Å². The smallest absolute Gasteiger partial charge is 0.171 e. The predicted molar refractivity (Wildman–Crippen MR) is 134 cm³/mol. The van der Waals surface area contributed by atoms with Crippen molar-refractivity contribution in [1.29, 1.82) is 0 Å². The summed E-state index contributed by atoms with van der Waals surface area (Å²) in [6, 6.07) is 2.09. The van der Waals surface area contributed by atoms with E-state index in [-0.39, 0.29) is 5.92 Å². The number of fused-ring (bicyclic) bond motifs is 1. The van der Waals surface area contributed by atoms with Gasteiger partial charge in [0.2, 0.25) is 0 Å². The molecule has 3 fully saturated rings. The second-order valence-electron chi connectivity index (χ2n) is 11.7. The fourth-order valence-corrected chi connectivity index (χ4v) is 6.60. The first-order valence-electron chi connectivity index (χ1n) is 13.8. The van der Waals surface area contributed by atoms with Crippen LogP contribution in [0.5, 0.6) is 5.75 Å². The van der Waals surface area contributed by atoms with Crippen LogP contribution in [0.1, 0.15) is 76.7 Å². The summed E-state index contributed by atoms with van der Waals surface area (Å²) in [4.78, 5) is 22.4. The molecule has 188 valence electrons. The minimum absolute atomic E-state index is 0.204. The largest absolute Gasteiger partial charge is 0.489 e. The standard InChI is InChI=1S/C28H43N3O3/c1-28(33)11-6-23(7-12-28)25(32)20-22-4-2-21(3-5-22)9-14-30-15-17-31(18-16-30)27-26-24(8-13-29-27)10-19-34-26/h8,13,21-23,33H,2-7,9-12,14-20H2,1H3. The Morgan fingerprint density at radius 3 is 2.53 bits per heavy atom. The molecule has 1 aromatic heterocycles. The zero-order chi connectivity index (χ0) is 23.5. The molecule has 6 heteroatoms. The lowest BCUT2D eigenvalue weighted by Crippen LogP contribution is -2.47. The van der Waals surface area contributed by atoms with Crippen LogP contribution >= 0.6 is 0 Å². The molecule has 3 heterocycles. The number of carbonyl (C=O) groups is 1. The normalized spacial score (nSPS) is 32.3. The molecule has 0 bridgehead atoms. The van der Waals surface area contributed by atoms with Gasteiger partial charge in [0.15, 0.2) is 11.6 Å². The fourth-order valence-electron chi connectivity index (χ4n) is 6.60. The minimum atomic E-state index is -0.547. The van der Waals surface area contributed by atoms with Gasteiger partial charge in [-0.1, -0.05) is 12.8 Å². The number of Topliss-reactive ketones (excluding diaryl/α,β-unsaturated/α-hetero) is 1. The number of aromatic nitrogens is 1. The van der Waals surface area contributed by atoms with Crippen molar-refractivity contribution in [2.45, 2.75) is 83.2 Å². The lowest BCUT2D eigenvalue weighted by Gasteiger charge is -2.37. The van der Waals surface area contributed by atoms with E-state index < -0.39 is 5.60 Å². The highest BCUT2D eigenvalue weighted by atomic mass is 16.5. The van der Waals surface area contributed by atoms with Crippen molar-refractivity contribution in [1.82, 2.24) is 9.88 Å². The third kappa shape index (κ3) is 5.76. The summed E-state index contributed by atoms with van der Waals surface area (Å²) in [5, 5.41) is 10.1. The topological polar surface area (TPSA) is 65.9 Å². The van der Waals surface area contributed by atoms with Crippen molar-refractivity contribution in [2.24, 2.45) is 17.8 Å². The van der Waals surface area contributed by atoms with Gasteiger partial charge >= 0.3 is 0 Å². The fraction of sp³-hybridized carbons (Fsp3) is 0.786. The number of pyridine rings is 1. The number of hydrogen-bond donors (Lipinski definition) is 1. The number of carbonyl (C=O) groups excluding carboxylic acids is 1. The van der Waals surface area contributed by atoms with Crippen LogP contribution in [0.2, 0.25) is 0 Å². The monoisotopic (exact) mass is 469 g/mol. The van der Waals surface area contributed by atoms with Crippen LogP contribution in [0.25, 0.3) is 0 Å². The SMILES string of the molecule is CC1(O)CCC(C(=O)CC2CCC(CCN3CCN(c4nccc5c4OCC5)CC3)CC2)CC1. The second kappa shape index (κ2) is 10.5. The first-order valence-corrected chi connectivity index (χ1v) is 13.8. The first kappa shape index (κ1) is 24.1. The maximum atomic E-state index is 12.8. The van der Waals surface area contributed by atoms with E-state index in [9.17, 15) is 9.90 Å². The van der Waals surface area contributed by atoms with Crippen molar-refractivity contribution in [3.05, 3.63) is 17.8 Å². The number of aliphatic hydroxyl groups is 1. The zero-order valence-corrected chi connectivity index (χ0v) is 21.0. The summed E-state index contributed by atoms with van der Waals surface area (Å²) in [6.45, 7) is 8.15. The number of piperazine rings is 1. The van der Waals surface area contributed by atoms with Crippen LogP contribution in [0.3, 0.4) is 0 Å². The molecule has 0 radical (unpaired) electrons. The van der Waals surface area contributed by atoms with Crippen molar-refractivity contribution in [2.75, 3.05) is 44.2 Å². The Balaban J connectivity index is 0.990. The van der Waals surface area contributed by atoms with Gasteiger partial charge in [-0.25, -0.2) is 4.98 Å². The van der Waals surface area contributed by atoms with Crippen LogP contribution in [-0.4, -0.2) is 65.7 Å². The molecule has 2 aliphatic heterocycles. The van der Waals surface area contributed by atoms with Crippen LogP contribution in [0.15, 0.2) is 12.3 Å². The summed E-state index contributed by atoms with van der Waals surface area (Å²) < 4.78 is 5.86. The molecule has 6 nitrogen and oxygen atoms in total. The van der Waals surface area contributed by atoms with E-state index >= 15 is 0 Å². The number of ether oxygens (including phenoxy) is 1. The lowest BCUT2D eigenvalue weighted by molar-refractivity contribution is -0.126. The maximum Gasteiger partial charge on any atom is 0.171 e. The molecule has 4 aliphatic rings. The molecule has 5 rings (SSSR count). The Hall–Kier alpha value is -1.66. The molecule has 0 unspecified atom stereocenters. The highest BCUT2D eigenvalue weighted by Gasteiger charge is 2.33. The highest BCUT2D eigenvalue weighted by Crippen LogP contribution is 2.37. The van der Waals surface area contributed by atoms with E-state index in [1.165, 1.54) is 44.2 Å². The maximum absolute atomic E-state index is 12.8. The molecule has 34 heavy (non-hydrogen) atoms. The van der Waals surface area contributed by atoms with Crippen molar-refractivity contribution in [3.63, 3.8) is 0 Å². The van der Waals surface area contributed by atoms with E-state index in [1.807, 2.05) is 13.1 Å². The molecular weight excluding hydrogens is 426 g/mol. The van der Waals surface area contributed by atoms with Gasteiger partial charge in [0, 0.05) is 56.7 Å². The second-order valence-corrected chi connectivity index (χ2v) is 11.7. The Bertz CT molecular complexity index is 831. The molecule has 1 N–H and O–H groups in total. The highest BCUT2D eigenvalue weighted by molar-refractivity contribution is 5.81. The number of hydrogen-bond acceptors (Lipinski definition) is 6. The minimum Gasteiger partial charge on any atom is -0.489 e. The number of rotatable bonds is 7. The summed E-state index contributed by atoms with van der Waals surface area (Å²) >= 11 is 0. The van der Waals surface area contributed by atoms with Crippen LogP contribution in [-0.2, 0) is 11.2 Å². The van der Waals surface area contributed by atoms with E-state index in [0.717, 1.165) is 88.8 Å². The van der Waals surface area contributed by atoms with Gasteiger partial charge in [-0.15, -0.1) is 0 Å². The van der Waals surface area contributed by atoms with Gasteiger partial charge in [-0.2, -0.15) is 0 Å². The molecule has 0 aromatic carbocycles. The molecule has 0 amide bonds. The van der Waals surface area contributed by atoms with Gasteiger partial charge < -0.3 is 14.7 Å². The average Bonchev–Trinajstić information content (AvgIpc) is 3.33. The molecule has 1 aromatic rings. The van der Waals surface area contributed by atoms with E-state index in [0.29, 0.717) is 11.7 Å². The summed E-state index contributed by atoms with van der Waals surface area (Å²) in [6.07, 6.45) is 13.3. The van der Waals surface area contributed by atoms with Crippen molar-refractivity contribution in [3.8, 4) is 5.75 Å². The Labute approximate surface area is 205 Å².